The lowest BCUT2D eigenvalue weighted by Gasteiger charge is -2.38. The molecule has 2 heterocycles. The van der Waals surface area contributed by atoms with Gasteiger partial charge in [-0.05, 0) is 37.4 Å². The van der Waals surface area contributed by atoms with E-state index in [1.165, 1.54) is 57.8 Å². The van der Waals surface area contributed by atoms with Crippen LogP contribution in [0.5, 0.6) is 5.75 Å². The molecular weight excluding hydrogens is 286 g/mol. The van der Waals surface area contributed by atoms with Gasteiger partial charge in [0, 0.05) is 57.6 Å². The maximum absolute atomic E-state index is 5.34. The zero-order chi connectivity index (χ0) is 16.1. The van der Waals surface area contributed by atoms with E-state index in [1.807, 2.05) is 6.07 Å². The second-order valence-electron chi connectivity index (χ2n) is 7.08. The Hall–Kier alpha value is -1.26. The molecule has 0 aromatic heterocycles. The van der Waals surface area contributed by atoms with Crippen LogP contribution < -0.4 is 9.64 Å². The molecule has 0 saturated carbocycles. The molecule has 4 nitrogen and oxygen atoms in total. The summed E-state index contributed by atoms with van der Waals surface area (Å²) in [5.74, 6) is 1.83. The molecule has 3 rings (SSSR count). The molecule has 2 saturated heterocycles. The second-order valence-corrected chi connectivity index (χ2v) is 7.08. The minimum absolute atomic E-state index is 0.883. The zero-order valence-electron chi connectivity index (χ0n) is 14.7. The number of piperazine rings is 1. The van der Waals surface area contributed by atoms with Gasteiger partial charge in [0.25, 0.3) is 0 Å². The summed E-state index contributed by atoms with van der Waals surface area (Å²) < 4.78 is 5.34. The Morgan fingerprint density at radius 2 is 1.83 bits per heavy atom. The van der Waals surface area contributed by atoms with Gasteiger partial charge in [0.2, 0.25) is 0 Å². The minimum atomic E-state index is 0.883. The molecular formula is C19H31N3O. The van der Waals surface area contributed by atoms with Gasteiger partial charge in [-0.25, -0.2) is 0 Å². The predicted molar refractivity (Wildman–Crippen MR) is 96.5 cm³/mol. The van der Waals surface area contributed by atoms with Gasteiger partial charge in [0.1, 0.15) is 5.75 Å². The number of nitrogens with zero attached hydrogens (tertiary/aromatic N) is 3. The van der Waals surface area contributed by atoms with Crippen molar-refractivity contribution < 1.29 is 4.74 Å². The molecule has 2 fully saturated rings. The van der Waals surface area contributed by atoms with Gasteiger partial charge < -0.3 is 14.5 Å². The maximum atomic E-state index is 5.34. The van der Waals surface area contributed by atoms with Crippen LogP contribution in [0.25, 0.3) is 0 Å². The predicted octanol–water partition coefficient (Wildman–Crippen LogP) is 2.55. The summed E-state index contributed by atoms with van der Waals surface area (Å²) in [7, 11) is 1.73. The lowest BCUT2D eigenvalue weighted by Crippen LogP contribution is -2.49. The number of hydrogen-bond acceptors (Lipinski definition) is 4. The van der Waals surface area contributed by atoms with E-state index in [2.05, 4.69) is 39.8 Å². The van der Waals surface area contributed by atoms with E-state index in [0.29, 0.717) is 0 Å². The molecule has 1 aromatic carbocycles. The first-order valence-electron chi connectivity index (χ1n) is 9.08. The SMILES string of the molecule is COc1cccc(N2CCN(CCN3CCC[C@H](C)C3)CC2)c1. The monoisotopic (exact) mass is 317 g/mol. The van der Waals surface area contributed by atoms with Crippen LogP contribution in [0.1, 0.15) is 19.8 Å². The summed E-state index contributed by atoms with van der Waals surface area (Å²) in [6, 6.07) is 8.43. The number of ether oxygens (including phenoxy) is 1. The van der Waals surface area contributed by atoms with Crippen LogP contribution >= 0.6 is 0 Å². The van der Waals surface area contributed by atoms with E-state index in [4.69, 9.17) is 4.74 Å². The molecule has 0 radical (unpaired) electrons. The highest BCUT2D eigenvalue weighted by atomic mass is 16.5. The molecule has 2 aliphatic heterocycles. The average molecular weight is 317 g/mol. The van der Waals surface area contributed by atoms with Crippen molar-refractivity contribution in [1.29, 1.82) is 0 Å². The molecule has 0 amide bonds. The molecule has 0 aliphatic carbocycles. The summed E-state index contributed by atoms with van der Waals surface area (Å²) in [5, 5.41) is 0. The third-order valence-corrected chi connectivity index (χ3v) is 5.26. The quantitative estimate of drug-likeness (QED) is 0.831. The number of piperidine rings is 1. The van der Waals surface area contributed by atoms with Crippen molar-refractivity contribution in [1.82, 2.24) is 9.80 Å². The summed E-state index contributed by atoms with van der Waals surface area (Å²) in [6.45, 7) is 12.0. The molecule has 0 unspecified atom stereocenters. The second kappa shape index (κ2) is 8.02. The van der Waals surface area contributed by atoms with Crippen molar-refractivity contribution in [3.63, 3.8) is 0 Å². The number of likely N-dealkylation sites (tertiary alicyclic amines) is 1. The van der Waals surface area contributed by atoms with E-state index in [1.54, 1.807) is 7.11 Å². The molecule has 4 heteroatoms. The Labute approximate surface area is 141 Å². The first kappa shape index (κ1) is 16.6. The average Bonchev–Trinajstić information content (AvgIpc) is 2.60. The summed E-state index contributed by atoms with van der Waals surface area (Å²) >= 11 is 0. The van der Waals surface area contributed by atoms with Crippen molar-refractivity contribution in [2.75, 3.05) is 64.4 Å². The molecule has 1 atom stereocenters. The van der Waals surface area contributed by atoms with E-state index in [-0.39, 0.29) is 0 Å². The fourth-order valence-electron chi connectivity index (χ4n) is 3.81. The summed E-state index contributed by atoms with van der Waals surface area (Å²) in [5.41, 5.74) is 1.29. The van der Waals surface area contributed by atoms with Crippen molar-refractivity contribution in [3.05, 3.63) is 24.3 Å². The van der Waals surface area contributed by atoms with E-state index in [9.17, 15) is 0 Å². The highest BCUT2D eigenvalue weighted by Gasteiger charge is 2.20. The Balaban J connectivity index is 1.43. The smallest absolute Gasteiger partial charge is 0.120 e. The molecule has 23 heavy (non-hydrogen) atoms. The molecule has 2 aliphatic rings. The molecule has 0 spiro atoms. The van der Waals surface area contributed by atoms with Crippen molar-refractivity contribution in [3.8, 4) is 5.75 Å². The van der Waals surface area contributed by atoms with Crippen LogP contribution in [0.4, 0.5) is 5.69 Å². The molecule has 0 bridgehead atoms. The number of hydrogen-bond donors (Lipinski definition) is 0. The lowest BCUT2D eigenvalue weighted by molar-refractivity contribution is 0.151. The van der Waals surface area contributed by atoms with Crippen molar-refractivity contribution in [2.24, 2.45) is 5.92 Å². The number of benzene rings is 1. The van der Waals surface area contributed by atoms with Gasteiger partial charge in [-0.2, -0.15) is 0 Å². The van der Waals surface area contributed by atoms with E-state index < -0.39 is 0 Å². The zero-order valence-corrected chi connectivity index (χ0v) is 14.7. The van der Waals surface area contributed by atoms with E-state index in [0.717, 1.165) is 24.8 Å². The topological polar surface area (TPSA) is 19.0 Å². The number of rotatable bonds is 5. The Morgan fingerprint density at radius 3 is 2.57 bits per heavy atom. The Bertz CT molecular complexity index is 485. The molecule has 128 valence electrons. The van der Waals surface area contributed by atoms with Crippen molar-refractivity contribution in [2.45, 2.75) is 19.8 Å². The summed E-state index contributed by atoms with van der Waals surface area (Å²) in [6.07, 6.45) is 2.79. The number of anilines is 1. The first-order valence-corrected chi connectivity index (χ1v) is 9.08. The first-order chi connectivity index (χ1) is 11.2. The van der Waals surface area contributed by atoms with Crippen LogP contribution in [0.3, 0.4) is 0 Å². The highest BCUT2D eigenvalue weighted by Crippen LogP contribution is 2.22. The third-order valence-electron chi connectivity index (χ3n) is 5.26. The van der Waals surface area contributed by atoms with Crippen LogP contribution in [0, 0.1) is 5.92 Å². The van der Waals surface area contributed by atoms with Gasteiger partial charge in [-0.15, -0.1) is 0 Å². The van der Waals surface area contributed by atoms with Crippen LogP contribution in [-0.4, -0.2) is 69.3 Å². The van der Waals surface area contributed by atoms with Gasteiger partial charge in [-0.3, -0.25) is 4.90 Å². The van der Waals surface area contributed by atoms with Crippen LogP contribution in [0.15, 0.2) is 24.3 Å². The number of methoxy groups -OCH3 is 1. The maximum Gasteiger partial charge on any atom is 0.120 e. The molecule has 0 N–H and O–H groups in total. The standard InChI is InChI=1S/C19H31N3O/c1-17-5-4-8-21(16-17)10-9-20-11-13-22(14-12-20)18-6-3-7-19(15-18)23-2/h3,6-7,15,17H,4-5,8-14,16H2,1-2H3/t17-/m0/s1. The van der Waals surface area contributed by atoms with Crippen LogP contribution in [0.2, 0.25) is 0 Å². The van der Waals surface area contributed by atoms with E-state index >= 15 is 0 Å². The normalized spacial score (nSPS) is 23.9. The highest BCUT2D eigenvalue weighted by molar-refractivity contribution is 5.51. The molecule has 1 aromatic rings. The third kappa shape index (κ3) is 4.61. The van der Waals surface area contributed by atoms with Crippen molar-refractivity contribution >= 4 is 5.69 Å². The lowest BCUT2D eigenvalue weighted by atomic mass is 10.0. The fraction of sp³-hybridized carbons (Fsp3) is 0.684. The summed E-state index contributed by atoms with van der Waals surface area (Å²) in [4.78, 5) is 7.75. The largest absolute Gasteiger partial charge is 0.497 e. The minimum Gasteiger partial charge on any atom is -0.497 e. The fourth-order valence-corrected chi connectivity index (χ4v) is 3.81. The Morgan fingerprint density at radius 1 is 1.04 bits per heavy atom. The Kier molecular flexibility index (Phi) is 5.79. The van der Waals surface area contributed by atoms with Gasteiger partial charge in [0.05, 0.1) is 7.11 Å². The van der Waals surface area contributed by atoms with Gasteiger partial charge >= 0.3 is 0 Å². The van der Waals surface area contributed by atoms with Gasteiger partial charge in [0.15, 0.2) is 0 Å². The van der Waals surface area contributed by atoms with Gasteiger partial charge in [-0.1, -0.05) is 13.0 Å². The van der Waals surface area contributed by atoms with Crippen LogP contribution in [-0.2, 0) is 0 Å².